The SMILES string of the molecule is C1=NC(C2CCCCCCC2)N=C1. The highest BCUT2D eigenvalue weighted by Gasteiger charge is 2.21. The molecule has 2 rings (SSSR count). The second-order valence-corrected chi connectivity index (χ2v) is 4.12. The number of hydrogen-bond acceptors (Lipinski definition) is 2. The Morgan fingerprint density at radius 1 is 0.769 bits per heavy atom. The smallest absolute Gasteiger partial charge is 0.142 e. The van der Waals surface area contributed by atoms with Gasteiger partial charge in [0.05, 0.1) is 0 Å². The molecule has 0 bridgehead atoms. The van der Waals surface area contributed by atoms with Gasteiger partial charge in [0.2, 0.25) is 0 Å². The highest BCUT2D eigenvalue weighted by atomic mass is 15.0. The maximum Gasteiger partial charge on any atom is 0.142 e. The van der Waals surface area contributed by atoms with Crippen LogP contribution in [0.15, 0.2) is 9.98 Å². The molecule has 1 fully saturated rings. The van der Waals surface area contributed by atoms with Crippen molar-refractivity contribution in [2.24, 2.45) is 15.9 Å². The van der Waals surface area contributed by atoms with E-state index < -0.39 is 0 Å². The second kappa shape index (κ2) is 4.54. The number of nitrogens with zero attached hydrogens (tertiary/aromatic N) is 2. The van der Waals surface area contributed by atoms with E-state index in [2.05, 4.69) is 9.98 Å². The molecule has 0 radical (unpaired) electrons. The van der Waals surface area contributed by atoms with Gasteiger partial charge in [0.1, 0.15) is 6.17 Å². The molecule has 0 aromatic rings. The highest BCUT2D eigenvalue weighted by Crippen LogP contribution is 2.27. The normalized spacial score (nSPS) is 26.2. The fourth-order valence-corrected chi connectivity index (χ4v) is 2.32. The Balaban J connectivity index is 1.88. The van der Waals surface area contributed by atoms with Crippen LogP contribution in [0.5, 0.6) is 0 Å². The van der Waals surface area contributed by atoms with E-state index in [4.69, 9.17) is 0 Å². The third-order valence-corrected chi connectivity index (χ3v) is 3.12. The molecule has 2 aliphatic rings. The monoisotopic (exact) mass is 178 g/mol. The van der Waals surface area contributed by atoms with Crippen LogP contribution in [0.3, 0.4) is 0 Å². The van der Waals surface area contributed by atoms with Crippen LogP contribution in [0, 0.1) is 5.92 Å². The van der Waals surface area contributed by atoms with Gasteiger partial charge in [-0.05, 0) is 12.8 Å². The van der Waals surface area contributed by atoms with Crippen molar-refractivity contribution >= 4 is 12.4 Å². The van der Waals surface area contributed by atoms with Gasteiger partial charge in [0, 0.05) is 18.3 Å². The molecule has 1 aliphatic carbocycles. The Morgan fingerprint density at radius 3 is 1.92 bits per heavy atom. The third-order valence-electron chi connectivity index (χ3n) is 3.12. The second-order valence-electron chi connectivity index (χ2n) is 4.12. The van der Waals surface area contributed by atoms with Crippen LogP contribution in [-0.2, 0) is 0 Å². The summed E-state index contributed by atoms with van der Waals surface area (Å²) in [5, 5.41) is 0. The Kier molecular flexibility index (Phi) is 3.11. The molecule has 0 aromatic carbocycles. The minimum atomic E-state index is 0.276. The summed E-state index contributed by atoms with van der Waals surface area (Å²) >= 11 is 0. The molecule has 0 spiro atoms. The van der Waals surface area contributed by atoms with E-state index in [0.29, 0.717) is 0 Å². The first-order valence-electron chi connectivity index (χ1n) is 5.52. The van der Waals surface area contributed by atoms with Crippen molar-refractivity contribution in [1.29, 1.82) is 0 Å². The molecule has 2 nitrogen and oxygen atoms in total. The van der Waals surface area contributed by atoms with Crippen LogP contribution < -0.4 is 0 Å². The summed E-state index contributed by atoms with van der Waals surface area (Å²) in [5.41, 5.74) is 0. The number of hydrogen-bond donors (Lipinski definition) is 0. The Labute approximate surface area is 80.2 Å². The van der Waals surface area contributed by atoms with Crippen LogP contribution in [-0.4, -0.2) is 18.6 Å². The average Bonchev–Trinajstić information content (AvgIpc) is 2.55. The van der Waals surface area contributed by atoms with Crippen molar-refractivity contribution in [3.8, 4) is 0 Å². The fourth-order valence-electron chi connectivity index (χ4n) is 2.32. The van der Waals surface area contributed by atoms with E-state index in [1.807, 2.05) is 12.4 Å². The summed E-state index contributed by atoms with van der Waals surface area (Å²) in [5.74, 6) is 0.732. The first-order valence-corrected chi connectivity index (χ1v) is 5.52. The van der Waals surface area contributed by atoms with Gasteiger partial charge >= 0.3 is 0 Å². The number of rotatable bonds is 1. The lowest BCUT2D eigenvalue weighted by atomic mass is 9.89. The van der Waals surface area contributed by atoms with Gasteiger partial charge in [0.15, 0.2) is 0 Å². The van der Waals surface area contributed by atoms with Gasteiger partial charge in [-0.25, -0.2) is 0 Å². The van der Waals surface area contributed by atoms with Gasteiger partial charge in [-0.2, -0.15) is 0 Å². The largest absolute Gasteiger partial charge is 0.265 e. The third kappa shape index (κ3) is 2.39. The zero-order valence-corrected chi connectivity index (χ0v) is 8.15. The van der Waals surface area contributed by atoms with Gasteiger partial charge in [0.25, 0.3) is 0 Å². The lowest BCUT2D eigenvalue weighted by Crippen LogP contribution is -2.16. The molecular weight excluding hydrogens is 160 g/mol. The van der Waals surface area contributed by atoms with E-state index in [-0.39, 0.29) is 6.17 Å². The van der Waals surface area contributed by atoms with E-state index in [0.717, 1.165) is 5.92 Å². The molecule has 0 aromatic heterocycles. The first-order chi connectivity index (χ1) is 6.47. The minimum absolute atomic E-state index is 0.276. The maximum atomic E-state index is 4.38. The summed E-state index contributed by atoms with van der Waals surface area (Å²) in [6.45, 7) is 0. The van der Waals surface area contributed by atoms with Crippen LogP contribution in [0.25, 0.3) is 0 Å². The topological polar surface area (TPSA) is 24.7 Å². The molecule has 0 saturated heterocycles. The Morgan fingerprint density at radius 2 is 1.31 bits per heavy atom. The number of aliphatic imine (C=N–C) groups is 2. The summed E-state index contributed by atoms with van der Waals surface area (Å²) in [6, 6.07) is 0. The molecule has 72 valence electrons. The van der Waals surface area contributed by atoms with Crippen molar-refractivity contribution in [2.45, 2.75) is 51.1 Å². The molecular formula is C11H18N2. The Bertz CT molecular complexity index is 188. The van der Waals surface area contributed by atoms with Crippen LogP contribution in [0.2, 0.25) is 0 Å². The van der Waals surface area contributed by atoms with E-state index in [1.165, 1.54) is 44.9 Å². The lowest BCUT2D eigenvalue weighted by molar-refractivity contribution is 0.333. The van der Waals surface area contributed by atoms with E-state index in [9.17, 15) is 0 Å². The zero-order chi connectivity index (χ0) is 8.93. The molecule has 1 heterocycles. The van der Waals surface area contributed by atoms with Crippen molar-refractivity contribution in [3.63, 3.8) is 0 Å². The zero-order valence-electron chi connectivity index (χ0n) is 8.15. The highest BCUT2D eigenvalue weighted by molar-refractivity contribution is 6.17. The molecule has 2 heteroatoms. The van der Waals surface area contributed by atoms with Crippen molar-refractivity contribution in [1.82, 2.24) is 0 Å². The summed E-state index contributed by atoms with van der Waals surface area (Å²) < 4.78 is 0. The quantitative estimate of drug-likeness (QED) is 0.590. The van der Waals surface area contributed by atoms with Gasteiger partial charge in [-0.3, -0.25) is 9.98 Å². The van der Waals surface area contributed by atoms with Crippen molar-refractivity contribution in [2.75, 3.05) is 0 Å². The maximum absolute atomic E-state index is 4.38. The molecule has 0 amide bonds. The van der Waals surface area contributed by atoms with Crippen LogP contribution in [0.1, 0.15) is 44.9 Å². The molecule has 0 unspecified atom stereocenters. The lowest BCUT2D eigenvalue weighted by Gasteiger charge is -2.21. The molecule has 13 heavy (non-hydrogen) atoms. The molecule has 1 saturated carbocycles. The average molecular weight is 178 g/mol. The Hall–Kier alpha value is -0.660. The van der Waals surface area contributed by atoms with Gasteiger partial charge < -0.3 is 0 Å². The van der Waals surface area contributed by atoms with Crippen LogP contribution in [0.4, 0.5) is 0 Å². The van der Waals surface area contributed by atoms with Crippen molar-refractivity contribution < 1.29 is 0 Å². The van der Waals surface area contributed by atoms with E-state index >= 15 is 0 Å². The minimum Gasteiger partial charge on any atom is -0.265 e. The van der Waals surface area contributed by atoms with Gasteiger partial charge in [-0.15, -0.1) is 0 Å². The summed E-state index contributed by atoms with van der Waals surface area (Å²) in [4.78, 5) is 8.77. The summed E-state index contributed by atoms with van der Waals surface area (Å²) in [6.07, 6.45) is 13.7. The molecule has 0 N–H and O–H groups in total. The summed E-state index contributed by atoms with van der Waals surface area (Å²) in [7, 11) is 0. The van der Waals surface area contributed by atoms with Gasteiger partial charge in [-0.1, -0.05) is 32.1 Å². The predicted octanol–water partition coefficient (Wildman–Crippen LogP) is 2.83. The van der Waals surface area contributed by atoms with Crippen molar-refractivity contribution in [3.05, 3.63) is 0 Å². The first kappa shape index (κ1) is 8.92. The van der Waals surface area contributed by atoms with Crippen LogP contribution >= 0.6 is 0 Å². The van der Waals surface area contributed by atoms with E-state index in [1.54, 1.807) is 0 Å². The predicted molar refractivity (Wildman–Crippen MR) is 56.6 cm³/mol. The standard InChI is InChI=1S/C11H18N2/c1-2-4-6-10(7-5-3-1)11-12-8-9-13-11/h8-11H,1-7H2. The molecule has 1 aliphatic heterocycles. The molecule has 0 atom stereocenters. The fraction of sp³-hybridized carbons (Fsp3) is 0.818.